The van der Waals surface area contributed by atoms with Crippen molar-refractivity contribution in [1.82, 2.24) is 10.2 Å². The lowest BCUT2D eigenvalue weighted by Crippen LogP contribution is -2.49. The molecule has 0 heterocycles. The highest BCUT2D eigenvalue weighted by Crippen LogP contribution is 2.29. The zero-order valence-electron chi connectivity index (χ0n) is 20.8. The van der Waals surface area contributed by atoms with Crippen LogP contribution in [0, 0.1) is 6.92 Å². The minimum Gasteiger partial charge on any atom is -0.490 e. The molecule has 2 aromatic rings. The first-order valence-corrected chi connectivity index (χ1v) is 11.8. The monoisotopic (exact) mass is 454 g/mol. The molecule has 0 bridgehead atoms. The van der Waals surface area contributed by atoms with Gasteiger partial charge in [-0.15, -0.1) is 0 Å². The first kappa shape index (κ1) is 26.2. The van der Waals surface area contributed by atoms with Gasteiger partial charge in [-0.3, -0.25) is 9.59 Å². The summed E-state index contributed by atoms with van der Waals surface area (Å²) in [5.41, 5.74) is 3.12. The number of benzene rings is 2. The molecule has 0 radical (unpaired) electrons. The zero-order valence-corrected chi connectivity index (χ0v) is 20.8. The number of hydrogen-bond donors (Lipinski definition) is 1. The normalized spacial score (nSPS) is 11.7. The molecule has 6 heteroatoms. The number of hydrogen-bond acceptors (Lipinski definition) is 4. The van der Waals surface area contributed by atoms with Crippen LogP contribution in [0.25, 0.3) is 0 Å². The van der Waals surface area contributed by atoms with Gasteiger partial charge in [-0.2, -0.15) is 0 Å². The molecule has 2 rings (SSSR count). The highest BCUT2D eigenvalue weighted by molar-refractivity contribution is 5.87. The van der Waals surface area contributed by atoms with E-state index in [2.05, 4.69) is 5.32 Å². The fourth-order valence-corrected chi connectivity index (χ4v) is 3.60. The van der Waals surface area contributed by atoms with Crippen LogP contribution in [0.2, 0.25) is 0 Å². The van der Waals surface area contributed by atoms with Crippen LogP contribution < -0.4 is 14.8 Å². The predicted molar refractivity (Wildman–Crippen MR) is 132 cm³/mol. The van der Waals surface area contributed by atoms with E-state index in [1.807, 2.05) is 77.1 Å². The van der Waals surface area contributed by atoms with Gasteiger partial charge in [-0.05, 0) is 76.8 Å². The van der Waals surface area contributed by atoms with Gasteiger partial charge in [0.25, 0.3) is 0 Å². The number of aryl methyl sites for hydroxylation is 2. The van der Waals surface area contributed by atoms with E-state index in [0.29, 0.717) is 44.1 Å². The minimum atomic E-state index is -0.571. The molecule has 1 N–H and O–H groups in total. The van der Waals surface area contributed by atoms with Crippen molar-refractivity contribution in [3.8, 4) is 11.5 Å². The standard InChI is InChI=1S/C27H38N2O4/c1-7-32-24-15-13-22(17-25(24)33-8-2)14-16-26(30)29(21(6)27(31)28-19(3)4)18-23-12-10-9-11-20(23)5/h9-13,15,17,19,21H,7-8,14,16,18H2,1-6H3,(H,28,31)/t21-/m0/s1. The SMILES string of the molecule is CCOc1ccc(CCC(=O)N(Cc2ccccc2C)[C@@H](C)C(=O)NC(C)C)cc1OCC. The van der Waals surface area contributed by atoms with E-state index >= 15 is 0 Å². The van der Waals surface area contributed by atoms with Gasteiger partial charge in [0.15, 0.2) is 11.5 Å². The highest BCUT2D eigenvalue weighted by atomic mass is 16.5. The Hall–Kier alpha value is -3.02. The Balaban J connectivity index is 2.19. The second kappa shape index (κ2) is 12.9. The molecule has 6 nitrogen and oxygen atoms in total. The molecule has 2 amide bonds. The van der Waals surface area contributed by atoms with E-state index in [4.69, 9.17) is 9.47 Å². The Morgan fingerprint density at radius 2 is 1.64 bits per heavy atom. The maximum absolute atomic E-state index is 13.3. The summed E-state index contributed by atoms with van der Waals surface area (Å²) >= 11 is 0. The third kappa shape index (κ3) is 7.81. The van der Waals surface area contributed by atoms with Crippen molar-refractivity contribution < 1.29 is 19.1 Å². The van der Waals surface area contributed by atoms with E-state index in [9.17, 15) is 9.59 Å². The summed E-state index contributed by atoms with van der Waals surface area (Å²) in [4.78, 5) is 27.7. The largest absolute Gasteiger partial charge is 0.490 e. The van der Waals surface area contributed by atoms with Gasteiger partial charge in [-0.1, -0.05) is 30.3 Å². The van der Waals surface area contributed by atoms with Gasteiger partial charge in [0.2, 0.25) is 11.8 Å². The Morgan fingerprint density at radius 3 is 2.27 bits per heavy atom. The fraction of sp³-hybridized carbons (Fsp3) is 0.481. The van der Waals surface area contributed by atoms with Crippen LogP contribution in [-0.2, 0) is 22.6 Å². The molecule has 0 saturated carbocycles. The summed E-state index contributed by atoms with van der Waals surface area (Å²) in [6, 6.07) is 13.2. The van der Waals surface area contributed by atoms with Crippen molar-refractivity contribution in [3.05, 3.63) is 59.2 Å². The second-order valence-corrected chi connectivity index (χ2v) is 8.43. The van der Waals surface area contributed by atoms with Gasteiger partial charge in [0.1, 0.15) is 6.04 Å². The quantitative estimate of drug-likeness (QED) is 0.506. The predicted octanol–water partition coefficient (Wildman–Crippen LogP) is 4.67. The first-order valence-electron chi connectivity index (χ1n) is 11.8. The van der Waals surface area contributed by atoms with Crippen LogP contribution in [0.3, 0.4) is 0 Å². The molecule has 0 spiro atoms. The third-order valence-electron chi connectivity index (χ3n) is 5.44. The number of rotatable bonds is 12. The smallest absolute Gasteiger partial charge is 0.242 e. The molecule has 33 heavy (non-hydrogen) atoms. The molecule has 0 saturated heterocycles. The van der Waals surface area contributed by atoms with E-state index in [1.54, 1.807) is 11.8 Å². The number of carbonyl (C=O) groups excluding carboxylic acids is 2. The summed E-state index contributed by atoms with van der Waals surface area (Å²) in [7, 11) is 0. The van der Waals surface area contributed by atoms with Crippen LogP contribution in [0.5, 0.6) is 11.5 Å². The Labute approximate surface area is 198 Å². The Morgan fingerprint density at radius 1 is 0.970 bits per heavy atom. The van der Waals surface area contributed by atoms with Crippen LogP contribution in [-0.4, -0.2) is 42.0 Å². The van der Waals surface area contributed by atoms with Gasteiger partial charge in [0.05, 0.1) is 13.2 Å². The van der Waals surface area contributed by atoms with Crippen molar-refractivity contribution in [2.24, 2.45) is 0 Å². The minimum absolute atomic E-state index is 0.0104. The average Bonchev–Trinajstić information content (AvgIpc) is 2.78. The van der Waals surface area contributed by atoms with Crippen LogP contribution >= 0.6 is 0 Å². The maximum Gasteiger partial charge on any atom is 0.242 e. The van der Waals surface area contributed by atoms with Gasteiger partial charge in [0, 0.05) is 19.0 Å². The maximum atomic E-state index is 13.3. The molecule has 0 unspecified atom stereocenters. The van der Waals surface area contributed by atoms with Crippen LogP contribution in [0.15, 0.2) is 42.5 Å². The Bertz CT molecular complexity index is 926. The molecule has 2 aromatic carbocycles. The van der Waals surface area contributed by atoms with Crippen molar-refractivity contribution in [2.75, 3.05) is 13.2 Å². The number of nitrogens with zero attached hydrogens (tertiary/aromatic N) is 1. The van der Waals surface area contributed by atoms with E-state index < -0.39 is 6.04 Å². The number of carbonyl (C=O) groups is 2. The molecule has 180 valence electrons. The molecule has 1 atom stereocenters. The summed E-state index contributed by atoms with van der Waals surface area (Å²) in [5.74, 6) is 1.18. The number of ether oxygens (including phenoxy) is 2. The third-order valence-corrected chi connectivity index (χ3v) is 5.44. The highest BCUT2D eigenvalue weighted by Gasteiger charge is 2.26. The summed E-state index contributed by atoms with van der Waals surface area (Å²) < 4.78 is 11.3. The molecule has 0 aliphatic carbocycles. The van der Waals surface area contributed by atoms with Crippen LogP contribution in [0.4, 0.5) is 0 Å². The summed E-state index contributed by atoms with van der Waals surface area (Å²) in [6.45, 7) is 13.0. The topological polar surface area (TPSA) is 67.9 Å². The zero-order chi connectivity index (χ0) is 24.4. The number of amides is 2. The lowest BCUT2D eigenvalue weighted by atomic mass is 10.0. The molecule has 0 fully saturated rings. The first-order chi connectivity index (χ1) is 15.8. The van der Waals surface area contributed by atoms with Crippen molar-refractivity contribution in [2.45, 2.75) is 73.0 Å². The van der Waals surface area contributed by atoms with E-state index in [1.165, 1.54) is 0 Å². The van der Waals surface area contributed by atoms with Gasteiger partial charge < -0.3 is 19.7 Å². The molecular formula is C27H38N2O4. The summed E-state index contributed by atoms with van der Waals surface area (Å²) in [6.07, 6.45) is 0.846. The molecule has 0 aromatic heterocycles. The Kier molecular flexibility index (Phi) is 10.2. The molecule has 0 aliphatic heterocycles. The molecular weight excluding hydrogens is 416 g/mol. The average molecular weight is 455 g/mol. The van der Waals surface area contributed by atoms with Gasteiger partial charge in [-0.25, -0.2) is 0 Å². The van der Waals surface area contributed by atoms with E-state index in [-0.39, 0.29) is 17.9 Å². The summed E-state index contributed by atoms with van der Waals surface area (Å²) in [5, 5.41) is 2.93. The van der Waals surface area contributed by atoms with E-state index in [0.717, 1.165) is 16.7 Å². The molecule has 0 aliphatic rings. The lowest BCUT2D eigenvalue weighted by Gasteiger charge is -2.30. The van der Waals surface area contributed by atoms with Crippen LogP contribution in [0.1, 0.15) is 57.7 Å². The number of nitrogens with one attached hydrogen (secondary N) is 1. The van der Waals surface area contributed by atoms with Crippen molar-refractivity contribution >= 4 is 11.8 Å². The van der Waals surface area contributed by atoms with Crippen molar-refractivity contribution in [3.63, 3.8) is 0 Å². The lowest BCUT2D eigenvalue weighted by molar-refractivity contribution is -0.140. The fourth-order valence-electron chi connectivity index (χ4n) is 3.60. The van der Waals surface area contributed by atoms with Gasteiger partial charge >= 0.3 is 0 Å². The van der Waals surface area contributed by atoms with Crippen molar-refractivity contribution in [1.29, 1.82) is 0 Å². The second-order valence-electron chi connectivity index (χ2n) is 8.43.